The van der Waals surface area contributed by atoms with Gasteiger partial charge in [-0.3, -0.25) is 0 Å². The molecule has 1 aromatic heterocycles. The maximum Gasteiger partial charge on any atom is 0.187 e. The van der Waals surface area contributed by atoms with Gasteiger partial charge in [0.05, 0.1) is 0 Å². The quantitative estimate of drug-likeness (QED) is 0.760. The summed E-state index contributed by atoms with van der Waals surface area (Å²) in [6.07, 6.45) is 4.80. The molecule has 1 atom stereocenters. The monoisotopic (exact) mass is 217 g/mol. The van der Waals surface area contributed by atoms with Gasteiger partial charge in [-0.25, -0.2) is 9.97 Å². The lowest BCUT2D eigenvalue weighted by atomic mass is 10.4. The number of hydrogen-bond donors (Lipinski definition) is 1. The molecule has 5 heteroatoms. The topological polar surface area (TPSA) is 37.8 Å². The van der Waals surface area contributed by atoms with E-state index in [9.17, 15) is 0 Å². The van der Waals surface area contributed by atoms with E-state index in [1.54, 1.807) is 24.2 Å². The number of halogens is 1. The summed E-state index contributed by atoms with van der Waals surface area (Å²) in [6.45, 7) is 2.22. The molecular formula is C8H12ClN3S. The second kappa shape index (κ2) is 5.42. The highest BCUT2D eigenvalue weighted by Gasteiger charge is 2.16. The van der Waals surface area contributed by atoms with E-state index in [-0.39, 0.29) is 12.4 Å². The van der Waals surface area contributed by atoms with E-state index in [0.717, 1.165) is 18.2 Å². The van der Waals surface area contributed by atoms with E-state index < -0.39 is 0 Å². The summed E-state index contributed by atoms with van der Waals surface area (Å²) in [7, 11) is 0. The normalized spacial score (nSPS) is 21.1. The Hall–Kier alpha value is -0.320. The molecular weight excluding hydrogens is 206 g/mol. The van der Waals surface area contributed by atoms with Gasteiger partial charge in [0.25, 0.3) is 0 Å². The van der Waals surface area contributed by atoms with Crippen molar-refractivity contribution < 1.29 is 0 Å². The van der Waals surface area contributed by atoms with E-state index in [0.29, 0.717) is 5.25 Å². The van der Waals surface area contributed by atoms with Crippen LogP contribution in [0.5, 0.6) is 0 Å². The van der Waals surface area contributed by atoms with Gasteiger partial charge in [0.15, 0.2) is 5.16 Å². The second-order valence-electron chi connectivity index (χ2n) is 2.76. The van der Waals surface area contributed by atoms with Gasteiger partial charge >= 0.3 is 0 Å². The van der Waals surface area contributed by atoms with Crippen LogP contribution in [0, 0.1) is 0 Å². The largest absolute Gasteiger partial charge is 0.316 e. The predicted molar refractivity (Wildman–Crippen MR) is 56.4 cm³/mol. The fourth-order valence-corrected chi connectivity index (χ4v) is 2.20. The Kier molecular flexibility index (Phi) is 4.48. The molecule has 0 aromatic carbocycles. The van der Waals surface area contributed by atoms with Crippen LogP contribution >= 0.6 is 24.2 Å². The van der Waals surface area contributed by atoms with Gasteiger partial charge in [-0.05, 0) is 19.0 Å². The van der Waals surface area contributed by atoms with Crippen molar-refractivity contribution in [2.45, 2.75) is 16.8 Å². The van der Waals surface area contributed by atoms with Crippen LogP contribution in [-0.2, 0) is 0 Å². The molecule has 0 radical (unpaired) electrons. The van der Waals surface area contributed by atoms with Crippen LogP contribution in [0.3, 0.4) is 0 Å². The summed E-state index contributed by atoms with van der Waals surface area (Å²) in [5, 5.41) is 4.87. The molecule has 0 unspecified atom stereocenters. The van der Waals surface area contributed by atoms with E-state index >= 15 is 0 Å². The van der Waals surface area contributed by atoms with Crippen molar-refractivity contribution in [3.63, 3.8) is 0 Å². The van der Waals surface area contributed by atoms with Crippen molar-refractivity contribution in [1.29, 1.82) is 0 Å². The van der Waals surface area contributed by atoms with Gasteiger partial charge in [-0.2, -0.15) is 0 Å². The molecule has 1 aliphatic heterocycles. The number of thioether (sulfide) groups is 1. The lowest BCUT2D eigenvalue weighted by molar-refractivity contribution is 0.857. The van der Waals surface area contributed by atoms with Crippen molar-refractivity contribution in [3.8, 4) is 0 Å². The SMILES string of the molecule is Cl.c1cnc(S[C@H]2CCNC2)nc1. The molecule has 0 saturated carbocycles. The van der Waals surface area contributed by atoms with E-state index in [1.165, 1.54) is 6.42 Å². The Morgan fingerprint density at radius 1 is 1.38 bits per heavy atom. The highest BCUT2D eigenvalue weighted by atomic mass is 35.5. The Labute approximate surface area is 88.2 Å². The lowest BCUT2D eigenvalue weighted by Crippen LogP contribution is -2.10. The number of rotatable bonds is 2. The maximum absolute atomic E-state index is 4.17. The molecule has 1 N–H and O–H groups in total. The van der Waals surface area contributed by atoms with Crippen molar-refractivity contribution in [1.82, 2.24) is 15.3 Å². The second-order valence-corrected chi connectivity index (χ2v) is 4.03. The molecule has 1 aromatic rings. The summed E-state index contributed by atoms with van der Waals surface area (Å²) < 4.78 is 0. The van der Waals surface area contributed by atoms with E-state index in [2.05, 4.69) is 15.3 Å². The Bertz CT molecular complexity index is 238. The first-order chi connectivity index (χ1) is 5.95. The highest BCUT2D eigenvalue weighted by molar-refractivity contribution is 7.99. The standard InChI is InChI=1S/C8H11N3S.ClH/c1-3-10-8(11-4-1)12-7-2-5-9-6-7;/h1,3-4,7,9H,2,5-6H2;1H/t7-;/m0./s1. The average Bonchev–Trinajstić information content (AvgIpc) is 2.59. The van der Waals surface area contributed by atoms with Gasteiger partial charge in [-0.15, -0.1) is 12.4 Å². The van der Waals surface area contributed by atoms with Crippen molar-refractivity contribution in [2.24, 2.45) is 0 Å². The molecule has 1 aliphatic rings. The molecule has 72 valence electrons. The van der Waals surface area contributed by atoms with Gasteiger partial charge in [-0.1, -0.05) is 11.8 Å². The molecule has 2 rings (SSSR count). The molecule has 0 spiro atoms. The third kappa shape index (κ3) is 3.14. The van der Waals surface area contributed by atoms with E-state index in [4.69, 9.17) is 0 Å². The first-order valence-electron chi connectivity index (χ1n) is 4.09. The third-order valence-corrected chi connectivity index (χ3v) is 2.99. The van der Waals surface area contributed by atoms with Crippen LogP contribution in [0.2, 0.25) is 0 Å². The fourth-order valence-electron chi connectivity index (χ4n) is 1.22. The molecule has 0 aliphatic carbocycles. The van der Waals surface area contributed by atoms with Crippen molar-refractivity contribution >= 4 is 24.2 Å². The van der Waals surface area contributed by atoms with Crippen LogP contribution in [0.15, 0.2) is 23.6 Å². The first-order valence-corrected chi connectivity index (χ1v) is 4.97. The molecule has 1 fully saturated rings. The molecule has 0 bridgehead atoms. The van der Waals surface area contributed by atoms with Gasteiger partial charge in [0.2, 0.25) is 0 Å². The summed E-state index contributed by atoms with van der Waals surface area (Å²) in [5.41, 5.74) is 0. The predicted octanol–water partition coefficient (Wildman–Crippen LogP) is 1.35. The van der Waals surface area contributed by atoms with E-state index in [1.807, 2.05) is 6.07 Å². The smallest absolute Gasteiger partial charge is 0.187 e. The minimum Gasteiger partial charge on any atom is -0.316 e. The average molecular weight is 218 g/mol. The zero-order valence-electron chi connectivity index (χ0n) is 7.14. The van der Waals surface area contributed by atoms with Gasteiger partial charge < -0.3 is 5.32 Å². The Morgan fingerprint density at radius 2 is 2.15 bits per heavy atom. The van der Waals surface area contributed by atoms with Crippen LogP contribution in [0.1, 0.15) is 6.42 Å². The molecule has 13 heavy (non-hydrogen) atoms. The molecule has 2 heterocycles. The maximum atomic E-state index is 4.17. The molecule has 1 saturated heterocycles. The highest BCUT2D eigenvalue weighted by Crippen LogP contribution is 2.22. The minimum absolute atomic E-state index is 0. The summed E-state index contributed by atoms with van der Waals surface area (Å²) in [6, 6.07) is 1.84. The number of hydrogen-bond acceptors (Lipinski definition) is 4. The Balaban J connectivity index is 0.000000845. The third-order valence-electron chi connectivity index (χ3n) is 1.83. The van der Waals surface area contributed by atoms with Gasteiger partial charge in [0.1, 0.15) is 0 Å². The molecule has 0 amide bonds. The van der Waals surface area contributed by atoms with Gasteiger partial charge in [0, 0.05) is 24.2 Å². The number of nitrogens with zero attached hydrogens (tertiary/aromatic N) is 2. The summed E-state index contributed by atoms with van der Waals surface area (Å²) >= 11 is 1.77. The van der Waals surface area contributed by atoms with Crippen molar-refractivity contribution in [2.75, 3.05) is 13.1 Å². The fraction of sp³-hybridized carbons (Fsp3) is 0.500. The summed E-state index contributed by atoms with van der Waals surface area (Å²) in [4.78, 5) is 8.33. The van der Waals surface area contributed by atoms with Crippen LogP contribution < -0.4 is 5.32 Å². The molecule has 3 nitrogen and oxygen atoms in total. The zero-order valence-corrected chi connectivity index (χ0v) is 8.77. The van der Waals surface area contributed by atoms with Crippen LogP contribution in [0.4, 0.5) is 0 Å². The Morgan fingerprint density at radius 3 is 2.77 bits per heavy atom. The van der Waals surface area contributed by atoms with Crippen molar-refractivity contribution in [3.05, 3.63) is 18.5 Å². The zero-order chi connectivity index (χ0) is 8.23. The van der Waals surface area contributed by atoms with Crippen LogP contribution in [-0.4, -0.2) is 28.3 Å². The first kappa shape index (κ1) is 10.8. The lowest BCUT2D eigenvalue weighted by Gasteiger charge is -2.04. The number of nitrogens with one attached hydrogen (secondary N) is 1. The van der Waals surface area contributed by atoms with Crippen LogP contribution in [0.25, 0.3) is 0 Å². The minimum atomic E-state index is 0. The summed E-state index contributed by atoms with van der Waals surface area (Å²) in [5.74, 6) is 0. The number of aromatic nitrogens is 2.